The maximum atomic E-state index is 5.88. The number of hydrogen-bond donors (Lipinski definition) is 4. The van der Waals surface area contributed by atoms with E-state index in [1.165, 1.54) is 5.56 Å². The summed E-state index contributed by atoms with van der Waals surface area (Å²) in [5.74, 6) is 3.19. The minimum Gasteiger partial charge on any atom is -0.354 e. The Balaban J connectivity index is 1.90. The number of nitrogens with two attached hydrogens (primary N) is 2. The van der Waals surface area contributed by atoms with E-state index in [4.69, 9.17) is 31.4 Å². The Morgan fingerprint density at radius 3 is 1.80 bits per heavy atom. The van der Waals surface area contributed by atoms with Crippen LogP contribution in [-0.4, -0.2) is 57.6 Å². The highest BCUT2D eigenvalue weighted by Gasteiger charge is 2.54. The van der Waals surface area contributed by atoms with Crippen LogP contribution >= 0.6 is 23.5 Å². The van der Waals surface area contributed by atoms with E-state index in [2.05, 4.69) is 85.7 Å². The first-order valence-corrected chi connectivity index (χ1v) is 18.0. The zero-order valence-corrected chi connectivity index (χ0v) is 28.4. The molecule has 1 fully saturated rings. The molecule has 1 aliphatic carbocycles. The third-order valence-corrected chi connectivity index (χ3v) is 9.59. The van der Waals surface area contributed by atoms with E-state index < -0.39 is 0 Å². The first-order valence-electron chi connectivity index (χ1n) is 16.0. The van der Waals surface area contributed by atoms with Crippen LogP contribution in [0, 0.1) is 5.92 Å². The molecule has 3 aromatic rings. The number of allylic oxidation sites excluding steroid dienone is 5. The van der Waals surface area contributed by atoms with Gasteiger partial charge in [-0.25, -0.2) is 19.9 Å². The molecule has 0 aliphatic heterocycles. The Bertz CT molecular complexity index is 1300. The van der Waals surface area contributed by atoms with Gasteiger partial charge >= 0.3 is 0 Å². The summed E-state index contributed by atoms with van der Waals surface area (Å²) >= 11 is 3.34. The number of hydrogen-bond acceptors (Lipinski definition) is 10. The van der Waals surface area contributed by atoms with Gasteiger partial charge in [-0.2, -0.15) is 0 Å². The molecule has 0 amide bonds. The fourth-order valence-corrected chi connectivity index (χ4v) is 7.13. The summed E-state index contributed by atoms with van der Waals surface area (Å²) < 4.78 is 0. The van der Waals surface area contributed by atoms with Crippen LogP contribution in [0.15, 0.2) is 89.0 Å². The normalized spacial score (nSPS) is 19.6. The van der Waals surface area contributed by atoms with E-state index in [1.54, 1.807) is 23.5 Å². The van der Waals surface area contributed by atoms with Crippen molar-refractivity contribution >= 4 is 35.4 Å². The molecule has 45 heavy (non-hydrogen) atoms. The van der Waals surface area contributed by atoms with Crippen LogP contribution in [0.4, 0.5) is 11.9 Å². The van der Waals surface area contributed by atoms with Crippen molar-refractivity contribution in [1.29, 1.82) is 0 Å². The predicted molar refractivity (Wildman–Crippen MR) is 192 cm³/mol. The highest BCUT2D eigenvalue weighted by atomic mass is 32.2. The zero-order valence-electron chi connectivity index (χ0n) is 26.8. The number of rotatable bonds is 18. The number of thioether (sulfide) groups is 2. The summed E-state index contributed by atoms with van der Waals surface area (Å²) in [5.41, 5.74) is 16.1. The summed E-state index contributed by atoms with van der Waals surface area (Å²) in [4.78, 5) is 19.9. The van der Waals surface area contributed by atoms with Crippen molar-refractivity contribution in [3.05, 3.63) is 95.9 Å². The van der Waals surface area contributed by atoms with E-state index in [0.717, 1.165) is 64.4 Å². The minimum atomic E-state index is 0.0549. The van der Waals surface area contributed by atoms with Crippen LogP contribution in [0.2, 0.25) is 0 Å². The molecule has 8 nitrogen and oxygen atoms in total. The zero-order chi connectivity index (χ0) is 32.0. The summed E-state index contributed by atoms with van der Waals surface area (Å²) in [6.45, 7) is 13.7. The fraction of sp³-hybridized carbons (Fsp3) is 0.429. The Labute approximate surface area is 277 Å². The molecule has 0 radical (unpaired) electrons. The van der Waals surface area contributed by atoms with Gasteiger partial charge in [-0.05, 0) is 37.5 Å². The van der Waals surface area contributed by atoms with Gasteiger partial charge in [0.1, 0.15) is 10.1 Å². The van der Waals surface area contributed by atoms with Crippen molar-refractivity contribution < 1.29 is 0 Å². The number of anilines is 2. The fourth-order valence-electron chi connectivity index (χ4n) is 5.77. The van der Waals surface area contributed by atoms with Crippen LogP contribution in [0.25, 0.3) is 0 Å². The molecular formula is C35H48N8S2. The summed E-state index contributed by atoms with van der Waals surface area (Å²) in [6.07, 6.45) is 10.2. The molecule has 10 heteroatoms. The largest absolute Gasteiger partial charge is 0.354 e. The van der Waals surface area contributed by atoms with E-state index >= 15 is 0 Å². The van der Waals surface area contributed by atoms with Crippen molar-refractivity contribution in [3.8, 4) is 0 Å². The van der Waals surface area contributed by atoms with Crippen molar-refractivity contribution in [2.45, 2.75) is 61.4 Å². The molecule has 6 N–H and O–H groups in total. The van der Waals surface area contributed by atoms with E-state index in [-0.39, 0.29) is 23.7 Å². The number of nitrogens with one attached hydrogen (secondary N) is 2. The molecule has 2 heterocycles. The van der Waals surface area contributed by atoms with Gasteiger partial charge in [0.05, 0.1) is 11.4 Å². The quantitative estimate of drug-likeness (QED) is 0.0654. The van der Waals surface area contributed by atoms with Crippen LogP contribution in [0.5, 0.6) is 0 Å². The second-order valence-corrected chi connectivity index (χ2v) is 13.2. The lowest BCUT2D eigenvalue weighted by Gasteiger charge is -2.52. The first-order chi connectivity index (χ1) is 22.0. The molecule has 0 spiro atoms. The van der Waals surface area contributed by atoms with E-state index in [0.29, 0.717) is 25.0 Å². The maximum absolute atomic E-state index is 5.88. The van der Waals surface area contributed by atoms with Crippen LogP contribution < -0.4 is 22.1 Å². The molecule has 2 atom stereocenters. The van der Waals surface area contributed by atoms with Gasteiger partial charge in [0.2, 0.25) is 11.9 Å². The number of aromatic nitrogens is 4. The highest BCUT2D eigenvalue weighted by Crippen LogP contribution is 2.64. The summed E-state index contributed by atoms with van der Waals surface area (Å²) in [6, 6.07) is 15.1. The second-order valence-electron chi connectivity index (χ2n) is 11.0. The van der Waals surface area contributed by atoms with Gasteiger partial charge in [0.25, 0.3) is 0 Å². The van der Waals surface area contributed by atoms with Crippen LogP contribution in [0.3, 0.4) is 0 Å². The average Bonchev–Trinajstić information content (AvgIpc) is 3.04. The maximum Gasteiger partial charge on any atom is 0.223 e. The predicted octanol–water partition coefficient (Wildman–Crippen LogP) is 6.98. The third kappa shape index (κ3) is 9.19. The molecule has 2 aromatic heterocycles. The molecule has 2 unspecified atom stereocenters. The van der Waals surface area contributed by atoms with Crippen LogP contribution in [-0.2, 0) is 0 Å². The van der Waals surface area contributed by atoms with Crippen molar-refractivity contribution in [2.24, 2.45) is 17.4 Å². The van der Waals surface area contributed by atoms with Crippen LogP contribution in [0.1, 0.15) is 68.3 Å². The van der Waals surface area contributed by atoms with Gasteiger partial charge < -0.3 is 22.1 Å². The Hall–Kier alpha value is -3.18. The first kappa shape index (κ1) is 34.7. The van der Waals surface area contributed by atoms with Gasteiger partial charge in [-0.15, -0.1) is 23.5 Å². The van der Waals surface area contributed by atoms with E-state index in [1.807, 2.05) is 19.1 Å². The molecule has 1 aliphatic rings. The minimum absolute atomic E-state index is 0.0549. The number of benzene rings is 1. The number of nitrogens with zero attached hydrogens (tertiary/aromatic N) is 4. The summed E-state index contributed by atoms with van der Waals surface area (Å²) in [5, 5.41) is 8.74. The molecule has 0 saturated heterocycles. The van der Waals surface area contributed by atoms with E-state index in [9.17, 15) is 0 Å². The highest BCUT2D eigenvalue weighted by molar-refractivity contribution is 7.99. The molecule has 240 valence electrons. The van der Waals surface area contributed by atoms with Gasteiger partial charge in [-0.1, -0.05) is 80.6 Å². The molecule has 1 saturated carbocycles. The molecular weight excluding hydrogens is 597 g/mol. The summed E-state index contributed by atoms with van der Waals surface area (Å²) in [7, 11) is 0. The lowest BCUT2D eigenvalue weighted by molar-refractivity contribution is 0.186. The topological polar surface area (TPSA) is 128 Å². The van der Waals surface area contributed by atoms with Gasteiger partial charge in [0.15, 0.2) is 0 Å². The second kappa shape index (κ2) is 18.1. The lowest BCUT2D eigenvalue weighted by Crippen LogP contribution is -2.43. The van der Waals surface area contributed by atoms with Crippen molar-refractivity contribution in [1.82, 2.24) is 19.9 Å². The Morgan fingerprint density at radius 1 is 0.800 bits per heavy atom. The SMILES string of the molecule is C=C(C=CC=CC)C1C(c2cc(SCCN)nc(NCCC)n2)C(c2ccccc2)C1c1cc(SCCN)nc(NCCC)n1. The molecule has 1 aromatic carbocycles. The molecule has 0 bridgehead atoms. The van der Waals surface area contributed by atoms with Gasteiger partial charge in [0, 0.05) is 61.4 Å². The monoisotopic (exact) mass is 644 g/mol. The molecule has 4 rings (SSSR count). The van der Waals surface area contributed by atoms with Crippen molar-refractivity contribution in [2.75, 3.05) is 48.3 Å². The average molecular weight is 645 g/mol. The Kier molecular flexibility index (Phi) is 13.9. The third-order valence-electron chi connectivity index (χ3n) is 7.70. The van der Waals surface area contributed by atoms with Gasteiger partial charge in [-0.3, -0.25) is 0 Å². The lowest BCUT2D eigenvalue weighted by atomic mass is 9.50. The standard InChI is InChI=1S/C35H48N8S2/c1-5-8-10-13-24(4)30-32(26-22-28(44-20-16-36)42-34(40-26)38-18-6-2)31(25-14-11-9-12-15-25)33(30)27-23-29(45-21-17-37)43-35(41-27)39-19-7-3/h5,8-15,22-23,30-33H,4,6-7,16-21,36-37H2,1-3H3,(H,38,40,42)(H,39,41,43). The van der Waals surface area contributed by atoms with Crippen molar-refractivity contribution in [3.63, 3.8) is 0 Å². The smallest absolute Gasteiger partial charge is 0.223 e. The Morgan fingerprint density at radius 2 is 1.33 bits per heavy atom.